The molecule has 2 aromatic rings. The van der Waals surface area contributed by atoms with Crippen LogP contribution in [0, 0.1) is 0 Å². The van der Waals surface area contributed by atoms with E-state index in [1.807, 2.05) is 0 Å². The van der Waals surface area contributed by atoms with E-state index in [4.69, 9.17) is 21.1 Å². The molecule has 172 valence electrons. The van der Waals surface area contributed by atoms with Gasteiger partial charge in [0.05, 0.1) is 11.6 Å². The van der Waals surface area contributed by atoms with Crippen molar-refractivity contribution in [3.63, 3.8) is 0 Å². The van der Waals surface area contributed by atoms with Crippen molar-refractivity contribution in [3.05, 3.63) is 63.2 Å². The van der Waals surface area contributed by atoms with Gasteiger partial charge in [-0.25, -0.2) is 0 Å². The minimum absolute atomic E-state index is 0.149. The molecule has 1 unspecified atom stereocenters. The number of rotatable bonds is 5. The number of hydrogen-bond donors (Lipinski definition) is 5. The summed E-state index contributed by atoms with van der Waals surface area (Å²) in [5.74, 6) is 0.999. The predicted molar refractivity (Wildman–Crippen MR) is 116 cm³/mol. The summed E-state index contributed by atoms with van der Waals surface area (Å²) in [6.45, 7) is -0.517. The molecule has 2 heterocycles. The van der Waals surface area contributed by atoms with Crippen LogP contribution < -0.4 is 4.74 Å². The third kappa shape index (κ3) is 3.92. The minimum Gasteiger partial charge on any atom is -0.463 e. The van der Waals surface area contributed by atoms with E-state index in [2.05, 4.69) is 24.3 Å². The average Bonchev–Trinajstić information content (AvgIpc) is 3.56. The lowest BCUT2D eigenvalue weighted by Crippen LogP contribution is -2.55. The summed E-state index contributed by atoms with van der Waals surface area (Å²) in [6.07, 6.45) is -4.40. The van der Waals surface area contributed by atoms with Gasteiger partial charge in [0.25, 0.3) is 0 Å². The van der Waals surface area contributed by atoms with Crippen molar-refractivity contribution in [1.29, 1.82) is 0 Å². The summed E-state index contributed by atoms with van der Waals surface area (Å²) < 4.78 is 11.3. The first kappa shape index (κ1) is 22.1. The van der Waals surface area contributed by atoms with Crippen LogP contribution in [0.5, 0.6) is 5.75 Å². The van der Waals surface area contributed by atoms with E-state index in [0.717, 1.165) is 11.1 Å². The highest BCUT2D eigenvalue weighted by molar-refractivity contribution is 6.33. The van der Waals surface area contributed by atoms with Gasteiger partial charge in [0, 0.05) is 12.0 Å². The summed E-state index contributed by atoms with van der Waals surface area (Å²) in [5.41, 5.74) is 4.21. The van der Waals surface area contributed by atoms with Gasteiger partial charge in [0.1, 0.15) is 36.3 Å². The monoisotopic (exact) mass is 462 g/mol. The van der Waals surface area contributed by atoms with Crippen LogP contribution >= 0.6 is 11.6 Å². The molecule has 3 aliphatic rings. The Balaban J connectivity index is 1.51. The second kappa shape index (κ2) is 8.57. The molecule has 2 aromatic carbocycles. The van der Waals surface area contributed by atoms with Crippen LogP contribution in [0.2, 0.25) is 5.02 Å². The fraction of sp³-hybridized carbons (Fsp3) is 0.500. The van der Waals surface area contributed by atoms with Crippen molar-refractivity contribution >= 4 is 11.6 Å². The van der Waals surface area contributed by atoms with Gasteiger partial charge in [-0.3, -0.25) is 0 Å². The average molecular weight is 463 g/mol. The molecule has 5 rings (SSSR count). The van der Waals surface area contributed by atoms with Gasteiger partial charge in [-0.2, -0.15) is 0 Å². The van der Waals surface area contributed by atoms with Crippen LogP contribution in [0.1, 0.15) is 52.7 Å². The summed E-state index contributed by atoms with van der Waals surface area (Å²) in [4.78, 5) is 0. The Kier molecular flexibility index (Phi) is 5.92. The van der Waals surface area contributed by atoms with Crippen molar-refractivity contribution in [2.45, 2.75) is 68.4 Å². The maximum atomic E-state index is 10.7. The Hall–Kier alpha value is -1.71. The Morgan fingerprint density at radius 2 is 1.69 bits per heavy atom. The third-order valence-corrected chi connectivity index (χ3v) is 7.10. The first-order valence-corrected chi connectivity index (χ1v) is 11.3. The third-order valence-electron chi connectivity index (χ3n) is 6.69. The SMILES string of the molecule is OC[C@H]1O[C@@H](c2cc(Cc3ccc(C4CC4)cc3)c(Cl)c3c2CC(O)O3)[C@H](O)[C@@H](O)[C@@H]1O. The van der Waals surface area contributed by atoms with E-state index >= 15 is 0 Å². The van der Waals surface area contributed by atoms with E-state index in [9.17, 15) is 25.5 Å². The molecule has 6 atom stereocenters. The fourth-order valence-corrected chi connectivity index (χ4v) is 5.00. The maximum Gasteiger partial charge on any atom is 0.201 e. The highest BCUT2D eigenvalue weighted by atomic mass is 35.5. The van der Waals surface area contributed by atoms with Crippen LogP contribution in [-0.2, 0) is 17.6 Å². The van der Waals surface area contributed by atoms with Gasteiger partial charge in [-0.1, -0.05) is 41.9 Å². The van der Waals surface area contributed by atoms with Crippen molar-refractivity contribution in [3.8, 4) is 5.75 Å². The Labute approximate surface area is 190 Å². The second-order valence-electron chi connectivity index (χ2n) is 8.97. The number of hydrogen-bond acceptors (Lipinski definition) is 7. The van der Waals surface area contributed by atoms with Gasteiger partial charge in [-0.15, -0.1) is 0 Å². The van der Waals surface area contributed by atoms with E-state index < -0.39 is 43.4 Å². The van der Waals surface area contributed by atoms with Gasteiger partial charge in [0.2, 0.25) is 6.29 Å². The van der Waals surface area contributed by atoms with Crippen LogP contribution in [0.4, 0.5) is 0 Å². The minimum atomic E-state index is -1.50. The fourth-order valence-electron chi connectivity index (χ4n) is 4.72. The molecule has 8 heteroatoms. The number of aliphatic hydroxyl groups is 5. The molecule has 1 saturated heterocycles. The molecule has 32 heavy (non-hydrogen) atoms. The van der Waals surface area contributed by atoms with E-state index in [0.29, 0.717) is 34.2 Å². The second-order valence-corrected chi connectivity index (χ2v) is 9.34. The summed E-state index contributed by atoms with van der Waals surface area (Å²) in [7, 11) is 0. The Morgan fingerprint density at radius 1 is 0.969 bits per heavy atom. The maximum absolute atomic E-state index is 10.7. The number of benzene rings is 2. The first-order valence-electron chi connectivity index (χ1n) is 11.0. The lowest BCUT2D eigenvalue weighted by atomic mass is 9.87. The predicted octanol–water partition coefficient (Wildman–Crippen LogP) is 1.58. The largest absolute Gasteiger partial charge is 0.463 e. The molecule has 0 radical (unpaired) electrons. The molecule has 0 amide bonds. The van der Waals surface area contributed by atoms with Crippen LogP contribution in [0.3, 0.4) is 0 Å². The Morgan fingerprint density at radius 3 is 2.34 bits per heavy atom. The number of aliphatic hydroxyl groups excluding tert-OH is 5. The van der Waals surface area contributed by atoms with Gasteiger partial charge < -0.3 is 35.0 Å². The zero-order valence-corrected chi connectivity index (χ0v) is 18.2. The molecule has 5 N–H and O–H groups in total. The van der Waals surface area contributed by atoms with Crippen molar-refractivity contribution in [2.75, 3.05) is 6.61 Å². The van der Waals surface area contributed by atoms with Gasteiger partial charge >= 0.3 is 0 Å². The molecule has 2 aliphatic heterocycles. The smallest absolute Gasteiger partial charge is 0.201 e. The first-order chi connectivity index (χ1) is 15.4. The van der Waals surface area contributed by atoms with Crippen molar-refractivity contribution < 1.29 is 35.0 Å². The molecule has 0 bridgehead atoms. The van der Waals surface area contributed by atoms with Gasteiger partial charge in [-0.05, 0) is 47.4 Å². The molecule has 1 aliphatic carbocycles. The number of fused-ring (bicyclic) bond motifs is 1. The standard InChI is InChI=1S/C24H27ClO7/c25-19-14(7-11-1-3-12(4-2-11)13-5-6-13)8-15(16-9-18(27)32-23(16)19)24-22(30)21(29)20(28)17(10-26)31-24/h1-4,8,13,17-18,20-22,24,26-30H,5-7,9-10H2/t17-,18?,20-,21+,22-,24+/m1/s1. The topological polar surface area (TPSA) is 120 Å². The highest BCUT2D eigenvalue weighted by Crippen LogP contribution is 2.46. The number of ether oxygens (including phenoxy) is 2. The summed E-state index contributed by atoms with van der Waals surface area (Å²) >= 11 is 6.65. The van der Waals surface area contributed by atoms with Crippen LogP contribution in [0.15, 0.2) is 30.3 Å². The van der Waals surface area contributed by atoms with Crippen molar-refractivity contribution in [2.24, 2.45) is 0 Å². The highest BCUT2D eigenvalue weighted by Gasteiger charge is 2.46. The molecule has 7 nitrogen and oxygen atoms in total. The van der Waals surface area contributed by atoms with E-state index in [1.165, 1.54) is 18.4 Å². The lowest BCUT2D eigenvalue weighted by molar-refractivity contribution is -0.231. The molecular weight excluding hydrogens is 436 g/mol. The molecule has 1 saturated carbocycles. The zero-order valence-electron chi connectivity index (χ0n) is 17.4. The van der Waals surface area contributed by atoms with Crippen LogP contribution in [0.25, 0.3) is 0 Å². The van der Waals surface area contributed by atoms with Gasteiger partial charge in [0.15, 0.2) is 0 Å². The lowest BCUT2D eigenvalue weighted by Gasteiger charge is -2.40. The van der Waals surface area contributed by atoms with E-state index in [-0.39, 0.29) is 6.42 Å². The van der Waals surface area contributed by atoms with Crippen molar-refractivity contribution in [1.82, 2.24) is 0 Å². The molecule has 0 spiro atoms. The Bertz CT molecular complexity index is 989. The van der Waals surface area contributed by atoms with E-state index in [1.54, 1.807) is 6.07 Å². The zero-order chi connectivity index (χ0) is 22.6. The number of halogens is 1. The molecule has 0 aromatic heterocycles. The summed E-state index contributed by atoms with van der Waals surface area (Å²) in [5, 5.41) is 51.1. The quantitative estimate of drug-likeness (QED) is 0.457. The molecule has 2 fully saturated rings. The summed E-state index contributed by atoms with van der Waals surface area (Å²) in [6, 6.07) is 10.2. The normalized spacial score (nSPS) is 31.9. The molecular formula is C24H27ClO7. The van der Waals surface area contributed by atoms with Crippen LogP contribution in [-0.4, -0.2) is 62.8 Å².